The number of hydrogen-bond donors (Lipinski definition) is 6. The Hall–Kier alpha value is -10.6. The molecule has 0 saturated carbocycles. The van der Waals surface area contributed by atoms with Crippen molar-refractivity contribution in [2.45, 2.75) is 79.5 Å². The number of imidazole rings is 3. The van der Waals surface area contributed by atoms with Gasteiger partial charge in [-0.3, -0.25) is 0 Å². The second-order valence-electron chi connectivity index (χ2n) is 21.6. The minimum Gasteiger partial charge on any atom is -0.489 e. The number of anilines is 3. The molecule has 0 unspecified atom stereocenters. The van der Waals surface area contributed by atoms with E-state index in [0.29, 0.717) is 39.5 Å². The van der Waals surface area contributed by atoms with Crippen molar-refractivity contribution in [1.82, 2.24) is 29.9 Å². The minimum atomic E-state index is 0.360. The van der Waals surface area contributed by atoms with E-state index in [9.17, 15) is 0 Å². The number of rotatable bonds is 24. The van der Waals surface area contributed by atoms with Crippen LogP contribution in [0.1, 0.15) is 70.8 Å². The average molecular weight is 1140 g/mol. The van der Waals surface area contributed by atoms with Crippen molar-refractivity contribution in [3.63, 3.8) is 0 Å². The summed E-state index contributed by atoms with van der Waals surface area (Å²) in [6.07, 6.45) is 2.35. The molecular weight excluding hydrogens is 1070 g/mol. The quantitative estimate of drug-likeness (QED) is 0.0348. The first-order valence-corrected chi connectivity index (χ1v) is 30.1. The molecule has 0 fully saturated rings. The van der Waals surface area contributed by atoms with Crippen LogP contribution in [0, 0.1) is 0 Å². The summed E-state index contributed by atoms with van der Waals surface area (Å²) in [5.41, 5.74) is 22.1. The van der Waals surface area contributed by atoms with E-state index in [4.69, 9.17) is 29.2 Å². The number of para-hydroxylation sites is 12. The lowest BCUT2D eigenvalue weighted by atomic mass is 9.84. The fraction of sp³-hybridized carbons (Fsp3) is 0.160. The molecule has 87 heavy (non-hydrogen) atoms. The van der Waals surface area contributed by atoms with E-state index in [1.807, 2.05) is 72.8 Å². The molecule has 12 nitrogen and oxygen atoms in total. The number of benzene rings is 10. The summed E-state index contributed by atoms with van der Waals surface area (Å²) < 4.78 is 21.3. The number of fused-ring (bicyclic) bond motifs is 3. The van der Waals surface area contributed by atoms with Gasteiger partial charge in [0.15, 0.2) is 0 Å². The highest BCUT2D eigenvalue weighted by Crippen LogP contribution is 2.37. The van der Waals surface area contributed by atoms with Crippen LogP contribution in [0.15, 0.2) is 218 Å². The normalized spacial score (nSPS) is 11.3. The molecular formula is C75H69N9O3. The fourth-order valence-electron chi connectivity index (χ4n) is 12.1. The largest absolute Gasteiger partial charge is 0.489 e. The van der Waals surface area contributed by atoms with Crippen LogP contribution in [-0.2, 0) is 58.7 Å². The van der Waals surface area contributed by atoms with E-state index in [2.05, 4.69) is 197 Å². The Balaban J connectivity index is 0.802. The zero-order valence-electron chi connectivity index (χ0n) is 49.2. The van der Waals surface area contributed by atoms with Crippen LogP contribution in [0.2, 0.25) is 0 Å². The lowest BCUT2D eigenvalue weighted by Gasteiger charge is -2.27. The predicted molar refractivity (Wildman–Crippen MR) is 353 cm³/mol. The van der Waals surface area contributed by atoms with Crippen LogP contribution in [0.3, 0.4) is 0 Å². The van der Waals surface area contributed by atoms with Gasteiger partial charge in [-0.05, 0) is 144 Å². The molecule has 0 bridgehead atoms. The van der Waals surface area contributed by atoms with E-state index < -0.39 is 0 Å². The fourth-order valence-corrected chi connectivity index (χ4v) is 12.1. The van der Waals surface area contributed by atoms with Crippen LogP contribution >= 0.6 is 0 Å². The van der Waals surface area contributed by atoms with Gasteiger partial charge in [0.2, 0.25) is 0 Å². The van der Waals surface area contributed by atoms with Crippen molar-refractivity contribution in [3.8, 4) is 51.4 Å². The Morgan fingerprint density at radius 3 is 0.862 bits per heavy atom. The van der Waals surface area contributed by atoms with Gasteiger partial charge in [-0.25, -0.2) is 15.0 Å². The van der Waals surface area contributed by atoms with Gasteiger partial charge in [0.1, 0.15) is 54.5 Å². The molecule has 0 atom stereocenters. The van der Waals surface area contributed by atoms with Gasteiger partial charge in [-0.2, -0.15) is 0 Å². The van der Waals surface area contributed by atoms with Gasteiger partial charge >= 0.3 is 0 Å². The van der Waals surface area contributed by atoms with Crippen molar-refractivity contribution >= 4 is 50.2 Å². The zero-order chi connectivity index (χ0) is 58.9. The van der Waals surface area contributed by atoms with Crippen LogP contribution in [0.25, 0.3) is 67.3 Å². The number of aromatic amines is 3. The molecule has 6 N–H and O–H groups in total. The third kappa shape index (κ3) is 12.0. The molecule has 12 heteroatoms. The number of nitrogens with one attached hydrogen (secondary N) is 6. The highest BCUT2D eigenvalue weighted by Gasteiger charge is 2.25. The molecule has 3 aromatic heterocycles. The first kappa shape index (κ1) is 55.6. The van der Waals surface area contributed by atoms with Crippen molar-refractivity contribution in [3.05, 3.63) is 268 Å². The summed E-state index contributed by atoms with van der Waals surface area (Å²) in [7, 11) is 0. The number of ether oxygens (including phenoxy) is 3. The third-order valence-corrected chi connectivity index (χ3v) is 16.4. The monoisotopic (exact) mass is 1140 g/mol. The van der Waals surface area contributed by atoms with Gasteiger partial charge in [-0.1, -0.05) is 148 Å². The first-order valence-electron chi connectivity index (χ1n) is 30.1. The van der Waals surface area contributed by atoms with E-state index in [1.54, 1.807) is 0 Å². The molecule has 13 rings (SSSR count). The van der Waals surface area contributed by atoms with Gasteiger partial charge in [-0.15, -0.1) is 0 Å². The number of aromatic nitrogens is 6. The maximum absolute atomic E-state index is 7.09. The molecule has 0 spiro atoms. The van der Waals surface area contributed by atoms with Crippen LogP contribution in [0.5, 0.6) is 17.2 Å². The van der Waals surface area contributed by atoms with Crippen LogP contribution in [-0.4, -0.2) is 29.9 Å². The van der Waals surface area contributed by atoms with Crippen molar-refractivity contribution in [2.75, 3.05) is 16.0 Å². The highest BCUT2D eigenvalue weighted by molar-refractivity contribution is 5.85. The van der Waals surface area contributed by atoms with Gasteiger partial charge in [0.25, 0.3) is 0 Å². The number of H-pyrrole nitrogens is 3. The molecule has 0 amide bonds. The molecule has 0 aliphatic heterocycles. The number of hydrogen-bond acceptors (Lipinski definition) is 9. The SMILES string of the molecule is CCc1c(COc2ccccc2CNc2ccccc2-c2nc3ccccc3[nH]2)c(CC)c(COc2ccccc2CNc2ccccc2-c2nc3ccccc3[nH]2)c(CC)c1COc1ccccc1CNc1ccccc1-c1nc2ccccc2[nH]1. The molecule has 432 valence electrons. The molecule has 0 radical (unpaired) electrons. The predicted octanol–water partition coefficient (Wildman–Crippen LogP) is 17.6. The molecule has 3 heterocycles. The van der Waals surface area contributed by atoms with Crippen molar-refractivity contribution in [2.24, 2.45) is 0 Å². The van der Waals surface area contributed by atoms with Gasteiger partial charge in [0.05, 0.1) is 33.1 Å². The Kier molecular flexibility index (Phi) is 16.4. The topological polar surface area (TPSA) is 150 Å². The molecule has 13 aromatic rings. The van der Waals surface area contributed by atoms with Crippen molar-refractivity contribution < 1.29 is 14.2 Å². The molecule has 0 saturated heterocycles. The zero-order valence-corrected chi connectivity index (χ0v) is 49.2. The lowest BCUT2D eigenvalue weighted by molar-refractivity contribution is 0.285. The summed E-state index contributed by atoms with van der Waals surface area (Å²) in [5, 5.41) is 11.2. The molecule has 10 aromatic carbocycles. The third-order valence-electron chi connectivity index (χ3n) is 16.4. The Bertz CT molecular complexity index is 3970. The first-order chi connectivity index (χ1) is 43.0. The Morgan fingerprint density at radius 1 is 0.299 bits per heavy atom. The van der Waals surface area contributed by atoms with Gasteiger partial charge in [0, 0.05) is 70.1 Å². The van der Waals surface area contributed by atoms with E-state index in [-0.39, 0.29) is 0 Å². The Labute approximate surface area is 507 Å². The van der Waals surface area contributed by atoms with Gasteiger partial charge < -0.3 is 45.1 Å². The molecule has 0 aliphatic rings. The maximum atomic E-state index is 7.09. The average Bonchev–Trinajstić information content (AvgIpc) is 3.10. The van der Waals surface area contributed by atoms with E-state index in [0.717, 1.165) is 138 Å². The van der Waals surface area contributed by atoms with E-state index >= 15 is 0 Å². The Morgan fingerprint density at radius 2 is 0.563 bits per heavy atom. The summed E-state index contributed by atoms with van der Waals surface area (Å²) in [6, 6.07) is 74.3. The second-order valence-corrected chi connectivity index (χ2v) is 21.6. The summed E-state index contributed by atoms with van der Waals surface area (Å²) >= 11 is 0. The summed E-state index contributed by atoms with van der Waals surface area (Å²) in [6.45, 7) is 9.46. The summed E-state index contributed by atoms with van der Waals surface area (Å²) in [4.78, 5) is 25.4. The number of nitrogens with zero attached hydrogens (tertiary/aromatic N) is 3. The minimum absolute atomic E-state index is 0.360. The standard InChI is InChI=1S/C75H69N9O3/c1-4-52-58(46-85-70-40-22-7-25-49(70)43-76-61-31-13-10-28-55(61)73-79-64-34-16-17-35-65(64)80-73)53(5-2)60(48-87-72-42-24-9-27-51(72)45-78-63-33-15-12-30-57(63)75-83-68-38-20-21-39-69(68)84-75)54(6-3)59(52)47-86-71-41-23-8-26-50(71)44-77-62-32-14-11-29-56(62)74-81-66-36-18-19-37-67(66)82-74/h7-42,76-78H,4-6,43-48H2,1-3H3,(H,79,80)(H,81,82)(H,83,84). The van der Waals surface area contributed by atoms with E-state index in [1.165, 1.54) is 33.4 Å². The second kappa shape index (κ2) is 25.7. The van der Waals surface area contributed by atoms with Crippen LogP contribution < -0.4 is 30.2 Å². The van der Waals surface area contributed by atoms with Crippen LogP contribution in [0.4, 0.5) is 17.1 Å². The highest BCUT2D eigenvalue weighted by atomic mass is 16.5. The molecule has 0 aliphatic carbocycles. The van der Waals surface area contributed by atoms with Crippen molar-refractivity contribution in [1.29, 1.82) is 0 Å². The summed E-state index contributed by atoms with van der Waals surface area (Å²) in [5.74, 6) is 4.91. The smallest absolute Gasteiger partial charge is 0.140 e. The lowest BCUT2D eigenvalue weighted by Crippen LogP contribution is -2.18. The maximum Gasteiger partial charge on any atom is 0.140 e.